The number of hydrogen-bond acceptors (Lipinski definition) is 0. The summed E-state index contributed by atoms with van der Waals surface area (Å²) in [6.07, 6.45) is 0. The smallest absolute Gasteiger partial charge is 0.150 e. The van der Waals surface area contributed by atoms with E-state index in [-0.39, 0.29) is 0 Å². The van der Waals surface area contributed by atoms with Crippen LogP contribution in [-0.2, 0) is 0 Å². The normalized spacial score (nSPS) is 10.9. The first-order valence-electron chi connectivity index (χ1n) is 3.61. The van der Waals surface area contributed by atoms with Gasteiger partial charge in [0.15, 0.2) is 0 Å². The summed E-state index contributed by atoms with van der Waals surface area (Å²) < 4.78 is 25.6. The third-order valence-corrected chi connectivity index (χ3v) is 1.78. The van der Waals surface area contributed by atoms with E-state index >= 15 is 0 Å². The van der Waals surface area contributed by atoms with Gasteiger partial charge in [-0.1, -0.05) is 0 Å². The molecule has 1 aromatic carbocycles. The van der Waals surface area contributed by atoms with Crippen LogP contribution in [0.15, 0.2) is 18.2 Å². The van der Waals surface area contributed by atoms with Gasteiger partial charge in [0.25, 0.3) is 0 Å². The molecule has 3 heteroatoms. The highest BCUT2D eigenvalue weighted by Gasteiger charge is 2.05. The van der Waals surface area contributed by atoms with E-state index in [9.17, 15) is 8.78 Å². The van der Waals surface area contributed by atoms with Gasteiger partial charge in [0.05, 0.1) is 5.52 Å². The van der Waals surface area contributed by atoms with Crippen molar-refractivity contribution in [2.24, 2.45) is 0 Å². The molecular weight excluding hydrogens is 160 g/mol. The molecule has 62 valence electrons. The van der Waals surface area contributed by atoms with E-state index in [1.54, 1.807) is 13.0 Å². The molecule has 0 spiro atoms. The van der Waals surface area contributed by atoms with E-state index in [0.29, 0.717) is 10.9 Å². The van der Waals surface area contributed by atoms with Crippen LogP contribution in [0.1, 0.15) is 5.69 Å². The Kier molecular flexibility index (Phi) is 1.40. The molecule has 0 saturated heterocycles. The standard InChI is InChI=1S/C9H7F2N/c1-5-2-6-3-7(10)4-8(11)9(6)12-5/h2-4,12H,1H3. The maximum atomic E-state index is 13.0. The maximum absolute atomic E-state index is 13.0. The minimum atomic E-state index is -0.543. The molecule has 1 N–H and O–H groups in total. The summed E-state index contributed by atoms with van der Waals surface area (Å²) in [5.41, 5.74) is 1.20. The summed E-state index contributed by atoms with van der Waals surface area (Å²) in [5, 5.41) is 0.574. The second-order valence-corrected chi connectivity index (χ2v) is 2.80. The lowest BCUT2D eigenvalue weighted by Gasteiger charge is -1.92. The quantitative estimate of drug-likeness (QED) is 0.621. The number of aromatic amines is 1. The fourth-order valence-corrected chi connectivity index (χ4v) is 1.31. The van der Waals surface area contributed by atoms with Gasteiger partial charge in [0.2, 0.25) is 0 Å². The number of aryl methyl sites for hydroxylation is 1. The van der Waals surface area contributed by atoms with Crippen molar-refractivity contribution in [2.75, 3.05) is 0 Å². The number of hydrogen-bond donors (Lipinski definition) is 1. The zero-order valence-electron chi connectivity index (χ0n) is 6.49. The van der Waals surface area contributed by atoms with Crippen molar-refractivity contribution in [1.82, 2.24) is 4.98 Å². The Morgan fingerprint density at radius 1 is 1.17 bits per heavy atom. The van der Waals surface area contributed by atoms with Crippen LogP contribution < -0.4 is 0 Å². The number of aromatic nitrogens is 1. The zero-order chi connectivity index (χ0) is 8.72. The SMILES string of the molecule is Cc1cc2cc(F)cc(F)c2[nH]1. The predicted molar refractivity (Wildman–Crippen MR) is 43.0 cm³/mol. The largest absolute Gasteiger partial charge is 0.356 e. The minimum Gasteiger partial charge on any atom is -0.356 e. The van der Waals surface area contributed by atoms with Crippen LogP contribution in [0.25, 0.3) is 10.9 Å². The summed E-state index contributed by atoms with van der Waals surface area (Å²) in [6.45, 7) is 1.80. The molecule has 0 saturated carbocycles. The molecule has 0 radical (unpaired) electrons. The van der Waals surface area contributed by atoms with Gasteiger partial charge in [-0.15, -0.1) is 0 Å². The number of benzene rings is 1. The van der Waals surface area contributed by atoms with E-state index in [4.69, 9.17) is 0 Å². The highest BCUT2D eigenvalue weighted by atomic mass is 19.1. The van der Waals surface area contributed by atoms with Crippen LogP contribution in [0.3, 0.4) is 0 Å². The Bertz CT molecular complexity index is 431. The second kappa shape index (κ2) is 2.30. The van der Waals surface area contributed by atoms with E-state index in [1.807, 2.05) is 0 Å². The third kappa shape index (κ3) is 0.978. The Hall–Kier alpha value is -1.38. The lowest BCUT2D eigenvalue weighted by Crippen LogP contribution is -1.80. The molecule has 0 unspecified atom stereocenters. The summed E-state index contributed by atoms with van der Waals surface area (Å²) in [4.78, 5) is 2.81. The van der Waals surface area contributed by atoms with Gasteiger partial charge in [0.1, 0.15) is 11.6 Å². The topological polar surface area (TPSA) is 15.8 Å². The Balaban J connectivity index is 2.88. The van der Waals surface area contributed by atoms with Crippen molar-refractivity contribution >= 4 is 10.9 Å². The maximum Gasteiger partial charge on any atom is 0.150 e. The van der Waals surface area contributed by atoms with Crippen LogP contribution in [0.4, 0.5) is 8.78 Å². The van der Waals surface area contributed by atoms with Gasteiger partial charge in [0, 0.05) is 17.1 Å². The molecule has 0 fully saturated rings. The molecule has 1 nitrogen and oxygen atoms in total. The van der Waals surface area contributed by atoms with E-state index in [2.05, 4.69) is 4.98 Å². The lowest BCUT2D eigenvalue weighted by atomic mass is 10.2. The molecule has 0 atom stereocenters. The summed E-state index contributed by atoms with van der Waals surface area (Å²) in [6, 6.07) is 3.89. The minimum absolute atomic E-state index is 0.369. The number of halogens is 2. The van der Waals surface area contributed by atoms with Crippen molar-refractivity contribution < 1.29 is 8.78 Å². The Morgan fingerprint density at radius 2 is 1.92 bits per heavy atom. The first-order chi connectivity index (χ1) is 5.66. The van der Waals surface area contributed by atoms with E-state index < -0.39 is 11.6 Å². The van der Waals surface area contributed by atoms with Gasteiger partial charge in [-0.3, -0.25) is 0 Å². The van der Waals surface area contributed by atoms with Crippen molar-refractivity contribution in [1.29, 1.82) is 0 Å². The molecule has 1 heterocycles. The molecule has 0 aliphatic carbocycles. The first-order valence-corrected chi connectivity index (χ1v) is 3.61. The monoisotopic (exact) mass is 167 g/mol. The molecule has 0 amide bonds. The summed E-state index contributed by atoms with van der Waals surface area (Å²) in [5.74, 6) is -1.09. The van der Waals surface area contributed by atoms with Crippen LogP contribution in [0.2, 0.25) is 0 Å². The fraction of sp³-hybridized carbons (Fsp3) is 0.111. The number of H-pyrrole nitrogens is 1. The van der Waals surface area contributed by atoms with Gasteiger partial charge >= 0.3 is 0 Å². The fourth-order valence-electron chi connectivity index (χ4n) is 1.31. The molecule has 0 bridgehead atoms. The highest BCUT2D eigenvalue weighted by Crippen LogP contribution is 2.19. The number of rotatable bonds is 0. The van der Waals surface area contributed by atoms with Crippen molar-refractivity contribution in [3.63, 3.8) is 0 Å². The number of fused-ring (bicyclic) bond motifs is 1. The zero-order valence-corrected chi connectivity index (χ0v) is 6.49. The predicted octanol–water partition coefficient (Wildman–Crippen LogP) is 2.75. The molecule has 2 aromatic rings. The van der Waals surface area contributed by atoms with Crippen molar-refractivity contribution in [3.05, 3.63) is 35.5 Å². The van der Waals surface area contributed by atoms with Crippen LogP contribution in [-0.4, -0.2) is 4.98 Å². The molecule has 0 aliphatic rings. The van der Waals surface area contributed by atoms with Gasteiger partial charge in [-0.2, -0.15) is 0 Å². The van der Waals surface area contributed by atoms with Gasteiger partial charge < -0.3 is 4.98 Å². The van der Waals surface area contributed by atoms with Crippen LogP contribution in [0, 0.1) is 18.6 Å². The van der Waals surface area contributed by atoms with Crippen molar-refractivity contribution in [3.8, 4) is 0 Å². The third-order valence-electron chi connectivity index (χ3n) is 1.78. The van der Waals surface area contributed by atoms with Crippen LogP contribution in [0.5, 0.6) is 0 Å². The summed E-state index contributed by atoms with van der Waals surface area (Å²) >= 11 is 0. The van der Waals surface area contributed by atoms with Gasteiger partial charge in [-0.25, -0.2) is 8.78 Å². The summed E-state index contributed by atoms with van der Waals surface area (Å²) in [7, 11) is 0. The molecule has 1 aromatic heterocycles. The lowest BCUT2D eigenvalue weighted by molar-refractivity contribution is 0.591. The average molecular weight is 167 g/mol. The average Bonchev–Trinajstić information content (AvgIpc) is 2.29. The second-order valence-electron chi connectivity index (χ2n) is 2.80. The molecule has 0 aliphatic heterocycles. The molecule has 12 heavy (non-hydrogen) atoms. The molecule has 2 rings (SSSR count). The molecular formula is C9H7F2N. The first kappa shape index (κ1) is 7.28. The van der Waals surface area contributed by atoms with Gasteiger partial charge in [-0.05, 0) is 19.1 Å². The van der Waals surface area contributed by atoms with E-state index in [1.165, 1.54) is 6.07 Å². The Labute approximate surface area is 68.0 Å². The highest BCUT2D eigenvalue weighted by molar-refractivity contribution is 5.80. The Morgan fingerprint density at radius 3 is 2.67 bits per heavy atom. The van der Waals surface area contributed by atoms with E-state index in [0.717, 1.165) is 11.8 Å². The van der Waals surface area contributed by atoms with Crippen LogP contribution >= 0.6 is 0 Å². The number of nitrogens with one attached hydrogen (secondary N) is 1. The van der Waals surface area contributed by atoms with Crippen molar-refractivity contribution in [2.45, 2.75) is 6.92 Å².